The van der Waals surface area contributed by atoms with E-state index in [0.717, 1.165) is 6.07 Å². The van der Waals surface area contributed by atoms with Crippen molar-refractivity contribution >= 4 is 34.9 Å². The maximum Gasteiger partial charge on any atom is 0.416 e. The number of aromatic nitrogens is 3. The molecular weight excluding hydrogens is 442 g/mol. The fourth-order valence-corrected chi connectivity index (χ4v) is 3.12. The number of carbonyl (C=O) groups is 1. The van der Waals surface area contributed by atoms with Crippen molar-refractivity contribution in [3.05, 3.63) is 66.1 Å². The summed E-state index contributed by atoms with van der Waals surface area (Å²) in [6, 6.07) is 10.4. The molecule has 0 spiro atoms. The average molecular weight is 459 g/mol. The predicted molar refractivity (Wildman–Crippen MR) is 114 cm³/mol. The average Bonchev–Trinajstić information content (AvgIpc) is 3.08. The first-order chi connectivity index (χ1) is 15.7. The van der Waals surface area contributed by atoms with Gasteiger partial charge in [-0.25, -0.2) is 14.4 Å². The number of carbonyl (C=O) groups excluding carboxylic acids is 1. The molecule has 0 aliphatic carbocycles. The number of ether oxygens (including phenoxy) is 1. The summed E-state index contributed by atoms with van der Waals surface area (Å²) < 4.78 is 60.5. The molecule has 11 heteroatoms. The maximum absolute atomic E-state index is 14.1. The molecule has 0 unspecified atom stereocenters. The molecule has 0 saturated heterocycles. The number of imidazole rings is 1. The van der Waals surface area contributed by atoms with Crippen LogP contribution in [0.4, 0.5) is 35.0 Å². The molecule has 1 amide bonds. The zero-order valence-electron chi connectivity index (χ0n) is 17.4. The monoisotopic (exact) mass is 459 g/mol. The van der Waals surface area contributed by atoms with Crippen molar-refractivity contribution in [1.82, 2.24) is 14.5 Å². The van der Waals surface area contributed by atoms with Gasteiger partial charge in [0.2, 0.25) is 12.4 Å². The van der Waals surface area contributed by atoms with Gasteiger partial charge in [-0.2, -0.15) is 13.2 Å². The second kappa shape index (κ2) is 8.41. The van der Waals surface area contributed by atoms with E-state index in [9.17, 15) is 22.4 Å². The van der Waals surface area contributed by atoms with Gasteiger partial charge in [0.05, 0.1) is 22.3 Å². The van der Waals surface area contributed by atoms with Gasteiger partial charge in [0, 0.05) is 32.4 Å². The highest BCUT2D eigenvalue weighted by Gasteiger charge is 2.31. The highest BCUT2D eigenvalue weighted by atomic mass is 19.4. The fraction of sp³-hybridized carbons (Fsp3) is 0.136. The van der Waals surface area contributed by atoms with Crippen LogP contribution in [0.5, 0.6) is 11.5 Å². The predicted octanol–water partition coefficient (Wildman–Crippen LogP) is 5.25. The van der Waals surface area contributed by atoms with Crippen LogP contribution in [0, 0.1) is 5.82 Å². The number of anilines is 3. The molecule has 4 aromatic rings. The van der Waals surface area contributed by atoms with E-state index >= 15 is 0 Å². The van der Waals surface area contributed by atoms with E-state index in [-0.39, 0.29) is 11.6 Å². The minimum absolute atomic E-state index is 0.152. The number of rotatable bonds is 6. The van der Waals surface area contributed by atoms with Gasteiger partial charge >= 0.3 is 6.18 Å². The number of aryl methyl sites for hydroxylation is 1. The van der Waals surface area contributed by atoms with Crippen molar-refractivity contribution in [3.8, 4) is 11.5 Å². The van der Waals surface area contributed by atoms with Gasteiger partial charge in [-0.1, -0.05) is 0 Å². The summed E-state index contributed by atoms with van der Waals surface area (Å²) in [7, 11) is 3.20. The maximum atomic E-state index is 14.1. The molecule has 7 nitrogen and oxygen atoms in total. The van der Waals surface area contributed by atoms with E-state index in [4.69, 9.17) is 4.74 Å². The molecule has 2 aromatic carbocycles. The first-order valence-electron chi connectivity index (χ1n) is 9.58. The number of nitrogens with zero attached hydrogens (tertiary/aromatic N) is 4. The third-order valence-corrected chi connectivity index (χ3v) is 4.86. The number of amides is 1. The first kappa shape index (κ1) is 22.1. The van der Waals surface area contributed by atoms with Gasteiger partial charge in [0.25, 0.3) is 0 Å². The Kier molecular flexibility index (Phi) is 5.62. The van der Waals surface area contributed by atoms with Gasteiger partial charge < -0.3 is 19.5 Å². The number of nitrogens with one attached hydrogen (secondary N) is 1. The molecule has 0 fully saturated rings. The van der Waals surface area contributed by atoms with Gasteiger partial charge in [-0.15, -0.1) is 0 Å². The lowest BCUT2D eigenvalue weighted by atomic mass is 10.2. The van der Waals surface area contributed by atoms with Crippen molar-refractivity contribution in [2.75, 3.05) is 17.3 Å². The summed E-state index contributed by atoms with van der Waals surface area (Å²) in [6.45, 7) is 0. The Hall–Kier alpha value is -4.15. The number of halogens is 4. The van der Waals surface area contributed by atoms with E-state index < -0.39 is 17.6 Å². The number of benzene rings is 2. The van der Waals surface area contributed by atoms with Gasteiger partial charge in [0.15, 0.2) is 0 Å². The number of alkyl halides is 3. The van der Waals surface area contributed by atoms with E-state index in [0.29, 0.717) is 46.9 Å². The Morgan fingerprint density at radius 1 is 1.09 bits per heavy atom. The minimum Gasteiger partial charge on any atom is -0.457 e. The topological polar surface area (TPSA) is 72.3 Å². The SMILES string of the molecule is CN(C=O)c1cc(Oc2ccc3c(c2)nc(Nc2cc(C(F)(F)F)ccc2F)n3C)ccn1. The lowest BCUT2D eigenvalue weighted by molar-refractivity contribution is -0.137. The molecule has 2 heterocycles. The van der Waals surface area contributed by atoms with E-state index in [2.05, 4.69) is 15.3 Å². The van der Waals surface area contributed by atoms with Crippen molar-refractivity contribution in [2.45, 2.75) is 6.18 Å². The number of fused-ring (bicyclic) bond motifs is 1. The lowest BCUT2D eigenvalue weighted by Crippen LogP contribution is -2.14. The Balaban J connectivity index is 1.62. The summed E-state index contributed by atoms with van der Waals surface area (Å²) >= 11 is 0. The highest BCUT2D eigenvalue weighted by Crippen LogP contribution is 2.33. The van der Waals surface area contributed by atoms with Crippen LogP contribution in [-0.2, 0) is 18.0 Å². The normalized spacial score (nSPS) is 11.5. The Morgan fingerprint density at radius 3 is 2.58 bits per heavy atom. The Labute approximate surface area is 185 Å². The third kappa shape index (κ3) is 4.56. The Bertz CT molecular complexity index is 1340. The van der Waals surface area contributed by atoms with Crippen LogP contribution in [-0.4, -0.2) is 28.0 Å². The molecule has 0 atom stereocenters. The van der Waals surface area contributed by atoms with Crippen molar-refractivity contribution < 1.29 is 27.1 Å². The molecule has 0 saturated carbocycles. The molecule has 0 aliphatic rings. The highest BCUT2D eigenvalue weighted by molar-refractivity contribution is 5.81. The minimum atomic E-state index is -4.60. The van der Waals surface area contributed by atoms with Crippen LogP contribution < -0.4 is 15.0 Å². The second-order valence-electron chi connectivity index (χ2n) is 7.13. The van der Waals surface area contributed by atoms with Crippen LogP contribution in [0.15, 0.2) is 54.7 Å². The summed E-state index contributed by atoms with van der Waals surface area (Å²) in [6.07, 6.45) is -2.49. The van der Waals surface area contributed by atoms with Gasteiger partial charge in [-0.3, -0.25) is 4.79 Å². The van der Waals surface area contributed by atoms with E-state index in [1.807, 2.05) is 0 Å². The van der Waals surface area contributed by atoms with Crippen LogP contribution in [0.3, 0.4) is 0 Å². The van der Waals surface area contributed by atoms with Crippen LogP contribution >= 0.6 is 0 Å². The largest absolute Gasteiger partial charge is 0.457 e. The summed E-state index contributed by atoms with van der Waals surface area (Å²) in [5, 5.41) is 2.63. The standard InChI is InChI=1S/C22H17F4N5O2/c1-30(12-32)20-11-15(7-8-27-20)33-14-4-6-19-18(10-14)29-21(31(19)2)28-17-9-13(22(24,25)26)3-5-16(17)23/h3-12H,1-2H3,(H,28,29). The molecule has 0 radical (unpaired) electrons. The quantitative estimate of drug-likeness (QED) is 0.315. The molecule has 2 aromatic heterocycles. The fourth-order valence-electron chi connectivity index (χ4n) is 3.12. The van der Waals surface area contributed by atoms with E-state index in [1.54, 1.807) is 49.0 Å². The van der Waals surface area contributed by atoms with Gasteiger partial charge in [-0.05, 0) is 36.4 Å². The van der Waals surface area contributed by atoms with Crippen LogP contribution in [0.2, 0.25) is 0 Å². The molecule has 1 N–H and O–H groups in total. The molecule has 170 valence electrons. The van der Waals surface area contributed by atoms with Crippen molar-refractivity contribution in [3.63, 3.8) is 0 Å². The summed E-state index contributed by atoms with van der Waals surface area (Å²) in [5.74, 6) is 0.583. The van der Waals surface area contributed by atoms with Gasteiger partial charge in [0.1, 0.15) is 23.1 Å². The number of pyridine rings is 1. The zero-order chi connectivity index (χ0) is 23.8. The third-order valence-electron chi connectivity index (χ3n) is 4.86. The molecular formula is C22H17F4N5O2. The molecule has 0 bridgehead atoms. The molecule has 4 rings (SSSR count). The van der Waals surface area contributed by atoms with E-state index in [1.165, 1.54) is 11.1 Å². The number of hydrogen-bond acceptors (Lipinski definition) is 5. The Morgan fingerprint density at radius 2 is 1.85 bits per heavy atom. The number of hydrogen-bond donors (Lipinski definition) is 1. The summed E-state index contributed by atoms with van der Waals surface area (Å²) in [5.41, 5.74) is -0.196. The first-order valence-corrected chi connectivity index (χ1v) is 9.58. The van der Waals surface area contributed by atoms with Crippen LogP contribution in [0.25, 0.3) is 11.0 Å². The second-order valence-corrected chi connectivity index (χ2v) is 7.13. The van der Waals surface area contributed by atoms with Crippen molar-refractivity contribution in [2.24, 2.45) is 7.05 Å². The molecule has 33 heavy (non-hydrogen) atoms. The van der Waals surface area contributed by atoms with Crippen LogP contribution in [0.1, 0.15) is 5.56 Å². The zero-order valence-corrected chi connectivity index (χ0v) is 17.4. The lowest BCUT2D eigenvalue weighted by Gasteiger charge is -2.11. The van der Waals surface area contributed by atoms with Crippen molar-refractivity contribution in [1.29, 1.82) is 0 Å². The molecule has 0 aliphatic heterocycles. The summed E-state index contributed by atoms with van der Waals surface area (Å²) in [4.78, 5) is 20.6. The smallest absolute Gasteiger partial charge is 0.416 e.